The lowest BCUT2D eigenvalue weighted by Gasteiger charge is -2.16. The van der Waals surface area contributed by atoms with Gasteiger partial charge in [-0.3, -0.25) is 4.79 Å². The number of carbonyl (C=O) groups is 1. The van der Waals surface area contributed by atoms with Crippen molar-refractivity contribution in [1.29, 1.82) is 0 Å². The maximum absolute atomic E-state index is 12.3. The summed E-state index contributed by atoms with van der Waals surface area (Å²) in [7, 11) is 0. The van der Waals surface area contributed by atoms with Gasteiger partial charge < -0.3 is 21.5 Å². The first-order valence-corrected chi connectivity index (χ1v) is 9.22. The number of aliphatic hydroxyl groups is 1. The van der Waals surface area contributed by atoms with Crippen molar-refractivity contribution < 1.29 is 9.90 Å². The fourth-order valence-electron chi connectivity index (χ4n) is 3.14. The summed E-state index contributed by atoms with van der Waals surface area (Å²) in [6.07, 6.45) is 8.57. The van der Waals surface area contributed by atoms with Crippen molar-refractivity contribution in [3.05, 3.63) is 23.8 Å². The molecule has 25 heavy (non-hydrogen) atoms. The summed E-state index contributed by atoms with van der Waals surface area (Å²) in [6, 6.07) is 5.28. The molecule has 1 aromatic rings. The molecular formula is C19H32ClN3O2. The van der Waals surface area contributed by atoms with Crippen LogP contribution < -0.4 is 16.4 Å². The van der Waals surface area contributed by atoms with Crippen molar-refractivity contribution in [1.82, 2.24) is 5.32 Å². The van der Waals surface area contributed by atoms with Crippen LogP contribution in [0.1, 0.15) is 57.4 Å². The van der Waals surface area contributed by atoms with Gasteiger partial charge in [-0.05, 0) is 43.5 Å². The highest BCUT2D eigenvalue weighted by atomic mass is 35.5. The van der Waals surface area contributed by atoms with Gasteiger partial charge in [0, 0.05) is 0 Å². The van der Waals surface area contributed by atoms with E-state index in [1.807, 2.05) is 18.2 Å². The molecule has 1 amide bonds. The van der Waals surface area contributed by atoms with Gasteiger partial charge in [-0.25, -0.2) is 0 Å². The lowest BCUT2D eigenvalue weighted by atomic mass is 10.0. The van der Waals surface area contributed by atoms with E-state index in [1.54, 1.807) is 0 Å². The molecule has 5 N–H and O–H groups in total. The number of halogens is 1. The maximum Gasteiger partial charge on any atom is 0.244 e. The normalized spacial score (nSPS) is 19.4. The van der Waals surface area contributed by atoms with Crippen molar-refractivity contribution in [3.63, 3.8) is 0 Å². The average molecular weight is 370 g/mol. The van der Waals surface area contributed by atoms with Gasteiger partial charge in [0.25, 0.3) is 0 Å². The number of aryl methyl sites for hydroxylation is 1. The van der Waals surface area contributed by atoms with E-state index in [4.69, 9.17) is 5.73 Å². The number of anilines is 2. The maximum atomic E-state index is 12.3. The third kappa shape index (κ3) is 6.84. The van der Waals surface area contributed by atoms with E-state index in [0.29, 0.717) is 24.3 Å². The second kappa shape index (κ2) is 11.3. The Hall–Kier alpha value is -1.30. The van der Waals surface area contributed by atoms with Gasteiger partial charge in [0.05, 0.1) is 17.5 Å². The van der Waals surface area contributed by atoms with Gasteiger partial charge in [-0.15, -0.1) is 12.4 Å². The number of hydrogen-bond acceptors (Lipinski definition) is 4. The Morgan fingerprint density at radius 3 is 2.68 bits per heavy atom. The third-order valence-electron chi connectivity index (χ3n) is 4.67. The molecule has 142 valence electrons. The molecule has 2 unspecified atom stereocenters. The molecule has 1 aliphatic rings. The Morgan fingerprint density at radius 2 is 2.00 bits per heavy atom. The zero-order valence-electron chi connectivity index (χ0n) is 15.1. The van der Waals surface area contributed by atoms with Crippen molar-refractivity contribution in [3.8, 4) is 0 Å². The second-order valence-electron chi connectivity index (χ2n) is 6.72. The van der Waals surface area contributed by atoms with Crippen LogP contribution in [0.3, 0.4) is 0 Å². The topological polar surface area (TPSA) is 87.4 Å². The summed E-state index contributed by atoms with van der Waals surface area (Å²) in [4.78, 5) is 12.3. The SMILES string of the molecule is CCCCCCCCc1ccc(N)c(NC(=O)C2NCCC2O)c1.Cl. The first-order chi connectivity index (χ1) is 11.6. The Bertz CT molecular complexity index is 539. The average Bonchev–Trinajstić information content (AvgIpc) is 3.00. The molecular weight excluding hydrogens is 338 g/mol. The minimum Gasteiger partial charge on any atom is -0.397 e. The predicted octanol–water partition coefficient (Wildman–Crippen LogP) is 3.25. The molecule has 5 nitrogen and oxygen atoms in total. The highest BCUT2D eigenvalue weighted by Crippen LogP contribution is 2.22. The largest absolute Gasteiger partial charge is 0.397 e. The Labute approximate surface area is 157 Å². The number of aliphatic hydroxyl groups excluding tert-OH is 1. The smallest absolute Gasteiger partial charge is 0.244 e. The molecule has 0 bridgehead atoms. The van der Waals surface area contributed by atoms with E-state index in [2.05, 4.69) is 17.6 Å². The zero-order chi connectivity index (χ0) is 17.4. The number of benzene rings is 1. The van der Waals surface area contributed by atoms with Crippen LogP contribution in [-0.2, 0) is 11.2 Å². The Kier molecular flexibility index (Phi) is 9.86. The summed E-state index contributed by atoms with van der Waals surface area (Å²) in [6.45, 7) is 2.89. The molecule has 1 heterocycles. The van der Waals surface area contributed by atoms with Crippen LogP contribution in [-0.4, -0.2) is 29.7 Å². The summed E-state index contributed by atoms with van der Waals surface area (Å²) < 4.78 is 0. The highest BCUT2D eigenvalue weighted by Gasteiger charge is 2.31. The van der Waals surface area contributed by atoms with E-state index in [0.717, 1.165) is 12.8 Å². The number of unbranched alkanes of at least 4 members (excludes halogenated alkanes) is 5. The number of carbonyl (C=O) groups excluding carboxylic acids is 1. The number of rotatable bonds is 9. The van der Waals surface area contributed by atoms with Gasteiger partial charge in [0.1, 0.15) is 6.04 Å². The minimum atomic E-state index is -0.627. The number of hydrogen-bond donors (Lipinski definition) is 4. The molecule has 2 rings (SSSR count). The lowest BCUT2D eigenvalue weighted by molar-refractivity contribution is -0.119. The van der Waals surface area contributed by atoms with Crippen molar-refractivity contribution in [2.24, 2.45) is 0 Å². The van der Waals surface area contributed by atoms with E-state index in [-0.39, 0.29) is 18.3 Å². The third-order valence-corrected chi connectivity index (χ3v) is 4.67. The minimum absolute atomic E-state index is 0. The molecule has 6 heteroatoms. The van der Waals surface area contributed by atoms with Crippen molar-refractivity contribution in [2.45, 2.75) is 70.4 Å². The molecule has 0 spiro atoms. The summed E-state index contributed by atoms with van der Waals surface area (Å²) in [5.74, 6) is -0.219. The molecule has 1 aromatic carbocycles. The Morgan fingerprint density at radius 1 is 1.28 bits per heavy atom. The van der Waals surface area contributed by atoms with Crippen LogP contribution in [0.25, 0.3) is 0 Å². The summed E-state index contributed by atoms with van der Waals surface area (Å²) >= 11 is 0. The summed E-state index contributed by atoms with van der Waals surface area (Å²) in [5, 5.41) is 15.7. The van der Waals surface area contributed by atoms with Gasteiger partial charge in [-0.2, -0.15) is 0 Å². The van der Waals surface area contributed by atoms with E-state index in [1.165, 1.54) is 37.7 Å². The van der Waals surface area contributed by atoms with E-state index in [9.17, 15) is 9.90 Å². The quantitative estimate of drug-likeness (QED) is 0.397. The zero-order valence-corrected chi connectivity index (χ0v) is 15.9. The molecule has 1 fully saturated rings. The van der Waals surface area contributed by atoms with Crippen LogP contribution in [0, 0.1) is 0 Å². The first kappa shape index (κ1) is 21.7. The van der Waals surface area contributed by atoms with Gasteiger partial charge in [0.15, 0.2) is 0 Å². The molecule has 1 saturated heterocycles. The fraction of sp³-hybridized carbons (Fsp3) is 0.632. The molecule has 0 aliphatic carbocycles. The predicted molar refractivity (Wildman–Crippen MR) is 106 cm³/mol. The van der Waals surface area contributed by atoms with E-state index >= 15 is 0 Å². The van der Waals surface area contributed by atoms with Crippen LogP contribution >= 0.6 is 12.4 Å². The standard InChI is InChI=1S/C19H31N3O2.ClH/c1-2-3-4-5-6-7-8-14-9-10-15(20)16(13-14)22-19(24)18-17(23)11-12-21-18;/h9-10,13,17-18,21,23H,2-8,11-12,20H2,1H3,(H,22,24);1H. The number of nitrogen functional groups attached to an aromatic ring is 1. The van der Waals surface area contributed by atoms with Gasteiger partial charge in [0.2, 0.25) is 5.91 Å². The highest BCUT2D eigenvalue weighted by molar-refractivity contribution is 5.98. The monoisotopic (exact) mass is 369 g/mol. The van der Waals surface area contributed by atoms with Gasteiger partial charge >= 0.3 is 0 Å². The van der Waals surface area contributed by atoms with Gasteiger partial charge in [-0.1, -0.05) is 45.1 Å². The molecule has 0 aromatic heterocycles. The van der Waals surface area contributed by atoms with Crippen LogP contribution in [0.15, 0.2) is 18.2 Å². The molecule has 0 saturated carbocycles. The molecule has 1 aliphatic heterocycles. The van der Waals surface area contributed by atoms with Crippen LogP contribution in [0.2, 0.25) is 0 Å². The lowest BCUT2D eigenvalue weighted by Crippen LogP contribution is -2.42. The Balaban J connectivity index is 0.00000312. The number of amides is 1. The van der Waals surface area contributed by atoms with Crippen LogP contribution in [0.4, 0.5) is 11.4 Å². The second-order valence-corrected chi connectivity index (χ2v) is 6.72. The van der Waals surface area contributed by atoms with Crippen LogP contribution in [0.5, 0.6) is 0 Å². The van der Waals surface area contributed by atoms with Crippen molar-refractivity contribution in [2.75, 3.05) is 17.6 Å². The number of nitrogens with two attached hydrogens (primary N) is 1. The summed E-state index contributed by atoms with van der Waals surface area (Å²) in [5.41, 5.74) is 8.37. The van der Waals surface area contributed by atoms with Crippen molar-refractivity contribution >= 4 is 29.7 Å². The number of nitrogens with one attached hydrogen (secondary N) is 2. The van der Waals surface area contributed by atoms with E-state index < -0.39 is 12.1 Å². The molecule has 0 radical (unpaired) electrons. The molecule has 2 atom stereocenters. The fourth-order valence-corrected chi connectivity index (χ4v) is 3.14. The first-order valence-electron chi connectivity index (χ1n) is 9.22.